The fourth-order valence-corrected chi connectivity index (χ4v) is 5.67. The predicted octanol–water partition coefficient (Wildman–Crippen LogP) is 9.92. The molecule has 0 unspecified atom stereocenters. The molecule has 0 fully saturated rings. The molecule has 0 radical (unpaired) electrons. The van der Waals surface area contributed by atoms with Crippen LogP contribution in [0.4, 0.5) is 5.69 Å². The van der Waals surface area contributed by atoms with Crippen molar-refractivity contribution in [3.8, 4) is 17.3 Å². The zero-order valence-corrected chi connectivity index (χ0v) is 27.1. The van der Waals surface area contributed by atoms with Crippen LogP contribution in [0, 0.1) is 0 Å². The maximum atomic E-state index is 6.68. The quantitative estimate of drug-likeness (QED) is 0.215. The highest BCUT2D eigenvalue weighted by Crippen LogP contribution is 2.38. The minimum absolute atomic E-state index is 0.0228. The van der Waals surface area contributed by atoms with Gasteiger partial charge in [-0.15, -0.1) is 0 Å². The molecule has 222 valence electrons. The van der Waals surface area contributed by atoms with E-state index in [-0.39, 0.29) is 16.4 Å². The van der Waals surface area contributed by atoms with Crippen molar-refractivity contribution in [2.24, 2.45) is 0 Å². The molecule has 0 saturated carbocycles. The molecule has 6 rings (SSSR count). The highest BCUT2D eigenvalue weighted by molar-refractivity contribution is 6.09. The molecule has 5 aromatic rings. The summed E-state index contributed by atoms with van der Waals surface area (Å²) in [5, 5.41) is 2.38. The topological polar surface area (TPSA) is 33.5 Å². The van der Waals surface area contributed by atoms with Gasteiger partial charge in [0.05, 0.1) is 17.7 Å². The van der Waals surface area contributed by atoms with Crippen molar-refractivity contribution in [1.82, 2.24) is 14.5 Å². The van der Waals surface area contributed by atoms with Gasteiger partial charge in [0.1, 0.15) is 17.3 Å². The molecule has 0 spiro atoms. The van der Waals surface area contributed by atoms with Crippen LogP contribution < -0.4 is 9.64 Å². The van der Waals surface area contributed by atoms with Crippen LogP contribution >= 0.6 is 0 Å². The van der Waals surface area contributed by atoms with Crippen LogP contribution in [0.1, 0.15) is 73.4 Å². The zero-order chi connectivity index (χ0) is 30.7. The Kier molecular flexibility index (Phi) is 6.83. The van der Waals surface area contributed by atoms with Gasteiger partial charge in [0.2, 0.25) is 0 Å². The Balaban J connectivity index is 1.44. The number of hydrogen-bond acceptors (Lipinski definition) is 4. The van der Waals surface area contributed by atoms with Gasteiger partial charge in [-0.3, -0.25) is 4.57 Å². The minimum Gasteiger partial charge on any atom is -0.457 e. The van der Waals surface area contributed by atoms with Crippen LogP contribution in [-0.2, 0) is 10.8 Å². The predicted molar refractivity (Wildman–Crippen MR) is 181 cm³/mol. The van der Waals surface area contributed by atoms with Crippen LogP contribution in [-0.4, -0.2) is 26.7 Å². The molecule has 0 aliphatic carbocycles. The average Bonchev–Trinajstić information content (AvgIpc) is 3.56. The lowest BCUT2D eigenvalue weighted by Crippen LogP contribution is -2.39. The van der Waals surface area contributed by atoms with Crippen molar-refractivity contribution >= 4 is 27.5 Å². The van der Waals surface area contributed by atoms with Gasteiger partial charge in [-0.2, -0.15) is 0 Å². The Morgan fingerprint density at radius 2 is 1.37 bits per heavy atom. The molecule has 2 aromatic heterocycles. The highest BCUT2D eigenvalue weighted by Gasteiger charge is 2.26. The minimum atomic E-state index is -0.0264. The number of pyridine rings is 1. The molecule has 1 aliphatic rings. The van der Waals surface area contributed by atoms with E-state index in [0.29, 0.717) is 0 Å². The molecule has 0 N–H and O–H groups in total. The van der Waals surface area contributed by atoms with Crippen molar-refractivity contribution in [2.45, 2.75) is 78.7 Å². The second-order valence-electron chi connectivity index (χ2n) is 14.8. The molecule has 0 atom stereocenters. The number of para-hydroxylation sites is 1. The van der Waals surface area contributed by atoms with Crippen molar-refractivity contribution in [3.05, 3.63) is 103 Å². The number of aromatic nitrogens is 2. The van der Waals surface area contributed by atoms with Gasteiger partial charge in [0, 0.05) is 52.7 Å². The third kappa shape index (κ3) is 5.61. The van der Waals surface area contributed by atoms with Crippen LogP contribution in [0.3, 0.4) is 0 Å². The first-order valence-electron chi connectivity index (χ1n) is 15.2. The lowest BCUT2D eigenvalue weighted by molar-refractivity contribution is 0.223. The Morgan fingerprint density at radius 1 is 0.651 bits per heavy atom. The summed E-state index contributed by atoms with van der Waals surface area (Å²) in [5.41, 5.74) is 5.88. The average molecular weight is 573 g/mol. The van der Waals surface area contributed by atoms with E-state index >= 15 is 0 Å². The van der Waals surface area contributed by atoms with Crippen molar-refractivity contribution in [3.63, 3.8) is 0 Å². The smallest absolute Gasteiger partial charge is 0.137 e. The Labute approximate surface area is 256 Å². The van der Waals surface area contributed by atoms with Gasteiger partial charge in [0.15, 0.2) is 0 Å². The number of fused-ring (bicyclic) bond motifs is 3. The van der Waals surface area contributed by atoms with E-state index in [4.69, 9.17) is 9.72 Å². The summed E-state index contributed by atoms with van der Waals surface area (Å²) in [6.07, 6.45) is 6.27. The van der Waals surface area contributed by atoms with Crippen molar-refractivity contribution in [2.75, 3.05) is 11.6 Å². The van der Waals surface area contributed by atoms with Gasteiger partial charge < -0.3 is 14.5 Å². The summed E-state index contributed by atoms with van der Waals surface area (Å²) in [6, 6.07) is 25.9. The third-order valence-electron chi connectivity index (χ3n) is 8.40. The van der Waals surface area contributed by atoms with Crippen LogP contribution in [0.2, 0.25) is 0 Å². The molecule has 5 nitrogen and oxygen atoms in total. The van der Waals surface area contributed by atoms with Gasteiger partial charge in [-0.1, -0.05) is 59.7 Å². The Bertz CT molecular complexity index is 1840. The molecule has 3 aromatic carbocycles. The maximum Gasteiger partial charge on any atom is 0.137 e. The summed E-state index contributed by atoms with van der Waals surface area (Å²) in [5.74, 6) is 2.55. The number of anilines is 1. The number of nitrogens with zero attached hydrogens (tertiary/aromatic N) is 4. The molecule has 3 heterocycles. The first-order valence-corrected chi connectivity index (χ1v) is 15.2. The molecule has 1 aliphatic heterocycles. The standard InChI is InChI=1S/C38H44N4O/c1-36(2,3)26-16-17-39-35(22-26)42-33-13-11-10-12-31(33)32-15-14-29(24-34(32)42)43-30-21-27(37(4,5)6)20-28(23-30)40-18-19-41(25-40)38(7,8)9/h10-24H,25H2,1-9H3. The molecule has 5 heteroatoms. The van der Waals surface area contributed by atoms with Gasteiger partial charge in [-0.05, 0) is 85.2 Å². The fourth-order valence-electron chi connectivity index (χ4n) is 5.67. The number of hydrogen-bond donors (Lipinski definition) is 0. The third-order valence-corrected chi connectivity index (χ3v) is 8.40. The van der Waals surface area contributed by atoms with Crippen molar-refractivity contribution < 1.29 is 4.74 Å². The number of benzene rings is 3. The van der Waals surface area contributed by atoms with E-state index in [1.807, 2.05) is 6.20 Å². The molecular formula is C38H44N4O. The lowest BCUT2D eigenvalue weighted by Gasteiger charge is -2.33. The second-order valence-corrected chi connectivity index (χ2v) is 14.8. The van der Waals surface area contributed by atoms with Gasteiger partial charge in [0.25, 0.3) is 0 Å². The highest BCUT2D eigenvalue weighted by atomic mass is 16.5. The SMILES string of the molecule is CC(C)(C)c1cc(Oc2ccc3c4ccccc4n(-c4cc(C(C)(C)C)ccn4)c3c2)cc(N2C=CN(C(C)(C)C)C2)c1. The molecule has 0 saturated heterocycles. The Hall–Kier alpha value is -4.25. The van der Waals surface area contributed by atoms with Crippen LogP contribution in [0.25, 0.3) is 27.6 Å². The summed E-state index contributed by atoms with van der Waals surface area (Å²) >= 11 is 0. The second kappa shape index (κ2) is 10.2. The van der Waals surface area contributed by atoms with E-state index in [1.165, 1.54) is 21.9 Å². The van der Waals surface area contributed by atoms with Gasteiger partial charge in [-0.25, -0.2) is 4.98 Å². The first-order chi connectivity index (χ1) is 20.2. The number of ether oxygens (including phenoxy) is 1. The van der Waals surface area contributed by atoms with E-state index < -0.39 is 0 Å². The van der Waals surface area contributed by atoms with Crippen LogP contribution in [0.5, 0.6) is 11.5 Å². The van der Waals surface area contributed by atoms with E-state index in [1.54, 1.807) is 0 Å². The summed E-state index contributed by atoms with van der Waals surface area (Å²) in [6.45, 7) is 21.0. The van der Waals surface area contributed by atoms with Crippen molar-refractivity contribution in [1.29, 1.82) is 0 Å². The normalized spacial score (nSPS) is 14.3. The number of rotatable bonds is 4. The monoisotopic (exact) mass is 572 g/mol. The van der Waals surface area contributed by atoms with Crippen LogP contribution in [0.15, 0.2) is 91.4 Å². The maximum absolute atomic E-state index is 6.68. The van der Waals surface area contributed by atoms with E-state index in [0.717, 1.165) is 40.7 Å². The Morgan fingerprint density at radius 3 is 2.07 bits per heavy atom. The zero-order valence-electron chi connectivity index (χ0n) is 27.1. The first kappa shape index (κ1) is 28.9. The van der Waals surface area contributed by atoms with E-state index in [2.05, 4.69) is 162 Å². The fraction of sp³-hybridized carbons (Fsp3) is 0.342. The molecule has 43 heavy (non-hydrogen) atoms. The molecule has 0 amide bonds. The summed E-state index contributed by atoms with van der Waals surface area (Å²) in [4.78, 5) is 9.48. The summed E-state index contributed by atoms with van der Waals surface area (Å²) in [7, 11) is 0. The van der Waals surface area contributed by atoms with Gasteiger partial charge >= 0.3 is 0 Å². The van der Waals surface area contributed by atoms with E-state index in [9.17, 15) is 0 Å². The summed E-state index contributed by atoms with van der Waals surface area (Å²) < 4.78 is 8.95. The molecular weight excluding hydrogens is 528 g/mol. The largest absolute Gasteiger partial charge is 0.457 e. The molecule has 0 bridgehead atoms. The lowest BCUT2D eigenvalue weighted by atomic mass is 9.86.